The minimum atomic E-state index is -0.496. The molecule has 0 bridgehead atoms. The van der Waals surface area contributed by atoms with E-state index in [1.165, 1.54) is 12.3 Å². The highest BCUT2D eigenvalue weighted by Gasteiger charge is 2.25. The van der Waals surface area contributed by atoms with E-state index in [1.807, 2.05) is 20.8 Å². The van der Waals surface area contributed by atoms with Gasteiger partial charge >= 0.3 is 5.69 Å². The van der Waals surface area contributed by atoms with Gasteiger partial charge in [0, 0.05) is 17.3 Å². The van der Waals surface area contributed by atoms with Crippen LogP contribution in [0.15, 0.2) is 47.4 Å². The second-order valence-corrected chi connectivity index (χ2v) is 7.46. The number of imidazole rings is 1. The Morgan fingerprint density at radius 1 is 1.26 bits per heavy atom. The number of aromatic amines is 1. The number of anilines is 1. The SMILES string of the molecule is CC(C)(C)c1[nH]c(=O)n(-c2ccc(NC(=O)c3ccccn3)cc2Cl)c1O. The highest BCUT2D eigenvalue weighted by Crippen LogP contribution is 2.32. The zero-order valence-corrected chi connectivity index (χ0v) is 15.8. The van der Waals surface area contributed by atoms with Gasteiger partial charge in [-0.1, -0.05) is 38.4 Å². The first kappa shape index (κ1) is 18.7. The largest absolute Gasteiger partial charge is 0.493 e. The van der Waals surface area contributed by atoms with Crippen LogP contribution in [0.3, 0.4) is 0 Å². The van der Waals surface area contributed by atoms with Crippen LogP contribution >= 0.6 is 11.6 Å². The summed E-state index contributed by atoms with van der Waals surface area (Å²) in [5.74, 6) is -0.573. The van der Waals surface area contributed by atoms with Crippen molar-refractivity contribution in [3.8, 4) is 11.6 Å². The average Bonchev–Trinajstić information content (AvgIpc) is 2.91. The molecular formula is C19H19ClN4O3. The Morgan fingerprint density at radius 2 is 2.00 bits per heavy atom. The van der Waals surface area contributed by atoms with E-state index >= 15 is 0 Å². The minimum Gasteiger partial charge on any atom is -0.493 e. The summed E-state index contributed by atoms with van der Waals surface area (Å²) in [6.45, 7) is 5.63. The molecule has 0 saturated carbocycles. The normalized spacial score (nSPS) is 11.4. The molecule has 0 unspecified atom stereocenters. The molecule has 8 heteroatoms. The Kier molecular flexibility index (Phi) is 4.80. The number of amides is 1. The van der Waals surface area contributed by atoms with Gasteiger partial charge in [-0.2, -0.15) is 0 Å². The lowest BCUT2D eigenvalue weighted by Gasteiger charge is -2.16. The molecule has 1 amide bonds. The fourth-order valence-corrected chi connectivity index (χ4v) is 2.90. The molecule has 140 valence electrons. The molecular weight excluding hydrogens is 368 g/mol. The molecule has 7 nitrogen and oxygen atoms in total. The number of aromatic nitrogens is 3. The van der Waals surface area contributed by atoms with E-state index < -0.39 is 11.1 Å². The number of carbonyl (C=O) groups is 1. The summed E-state index contributed by atoms with van der Waals surface area (Å²) in [6, 6.07) is 9.68. The molecule has 1 aromatic carbocycles. The molecule has 0 aliphatic heterocycles. The zero-order valence-electron chi connectivity index (χ0n) is 15.1. The third-order valence-corrected chi connectivity index (χ3v) is 4.27. The molecule has 0 fully saturated rings. The van der Waals surface area contributed by atoms with Gasteiger partial charge in [-0.05, 0) is 30.3 Å². The van der Waals surface area contributed by atoms with Crippen molar-refractivity contribution >= 4 is 23.2 Å². The molecule has 0 radical (unpaired) electrons. The fourth-order valence-electron chi connectivity index (χ4n) is 2.63. The molecule has 27 heavy (non-hydrogen) atoms. The molecule has 3 aromatic rings. The lowest BCUT2D eigenvalue weighted by atomic mass is 9.92. The Hall–Kier alpha value is -3.06. The number of nitrogens with one attached hydrogen (secondary N) is 2. The minimum absolute atomic E-state index is 0.195. The summed E-state index contributed by atoms with van der Waals surface area (Å²) in [7, 11) is 0. The van der Waals surface area contributed by atoms with Crippen molar-refractivity contribution in [2.45, 2.75) is 26.2 Å². The second kappa shape index (κ2) is 6.92. The first-order valence-corrected chi connectivity index (χ1v) is 8.63. The van der Waals surface area contributed by atoms with Gasteiger partial charge < -0.3 is 15.4 Å². The van der Waals surface area contributed by atoms with Crippen molar-refractivity contribution < 1.29 is 9.90 Å². The van der Waals surface area contributed by atoms with E-state index in [2.05, 4.69) is 15.3 Å². The van der Waals surface area contributed by atoms with Crippen molar-refractivity contribution in [3.63, 3.8) is 0 Å². The predicted octanol–water partition coefficient (Wildman–Crippen LogP) is 3.47. The maximum atomic E-state index is 12.3. The van der Waals surface area contributed by atoms with Gasteiger partial charge in [0.2, 0.25) is 5.88 Å². The molecule has 0 aliphatic rings. The van der Waals surface area contributed by atoms with Gasteiger partial charge in [-0.3, -0.25) is 9.78 Å². The third-order valence-electron chi connectivity index (χ3n) is 3.96. The number of rotatable bonds is 3. The van der Waals surface area contributed by atoms with Crippen LogP contribution in [0.4, 0.5) is 5.69 Å². The van der Waals surface area contributed by atoms with Crippen molar-refractivity contribution in [3.05, 3.63) is 69.5 Å². The summed E-state index contributed by atoms with van der Waals surface area (Å²) in [5, 5.41) is 13.4. The number of pyridine rings is 1. The standard InChI is InChI=1S/C19H19ClN4O3/c1-19(2,3)15-17(26)24(18(27)23-15)14-8-7-11(10-12(14)20)22-16(25)13-6-4-5-9-21-13/h4-10,26H,1-3H3,(H,22,25)(H,23,27). The zero-order chi connectivity index (χ0) is 19.8. The summed E-state index contributed by atoms with van der Waals surface area (Å²) in [6.07, 6.45) is 1.53. The summed E-state index contributed by atoms with van der Waals surface area (Å²) >= 11 is 6.31. The lowest BCUT2D eigenvalue weighted by Crippen LogP contribution is -2.16. The number of halogens is 1. The topological polar surface area (TPSA) is 100 Å². The fraction of sp³-hybridized carbons (Fsp3) is 0.211. The smallest absolute Gasteiger partial charge is 0.333 e. The van der Waals surface area contributed by atoms with E-state index in [9.17, 15) is 14.7 Å². The third kappa shape index (κ3) is 3.73. The van der Waals surface area contributed by atoms with Crippen molar-refractivity contribution in [2.24, 2.45) is 0 Å². The molecule has 0 atom stereocenters. The van der Waals surface area contributed by atoms with Crippen LogP contribution in [-0.2, 0) is 5.41 Å². The van der Waals surface area contributed by atoms with Gasteiger partial charge in [-0.25, -0.2) is 9.36 Å². The summed E-state index contributed by atoms with van der Waals surface area (Å²) < 4.78 is 1.10. The van der Waals surface area contributed by atoms with Gasteiger partial charge in [0.1, 0.15) is 5.69 Å². The maximum Gasteiger partial charge on any atom is 0.333 e. The highest BCUT2D eigenvalue weighted by molar-refractivity contribution is 6.32. The first-order chi connectivity index (χ1) is 12.7. The van der Waals surface area contributed by atoms with Crippen LogP contribution in [-0.4, -0.2) is 25.5 Å². The van der Waals surface area contributed by atoms with Crippen LogP contribution in [0.25, 0.3) is 5.69 Å². The number of benzene rings is 1. The quantitative estimate of drug-likeness (QED) is 0.641. The second-order valence-electron chi connectivity index (χ2n) is 7.05. The monoisotopic (exact) mass is 386 g/mol. The van der Waals surface area contributed by atoms with Crippen LogP contribution < -0.4 is 11.0 Å². The Morgan fingerprint density at radius 3 is 2.56 bits per heavy atom. The number of carbonyl (C=O) groups excluding carboxylic acids is 1. The van der Waals surface area contributed by atoms with Crippen LogP contribution in [0.5, 0.6) is 5.88 Å². The maximum absolute atomic E-state index is 12.3. The van der Waals surface area contributed by atoms with E-state index in [-0.39, 0.29) is 22.5 Å². The molecule has 0 spiro atoms. The van der Waals surface area contributed by atoms with E-state index in [0.29, 0.717) is 17.1 Å². The molecule has 3 N–H and O–H groups in total. The first-order valence-electron chi connectivity index (χ1n) is 8.25. The van der Waals surface area contributed by atoms with Crippen LogP contribution in [0.2, 0.25) is 5.02 Å². The van der Waals surface area contributed by atoms with Crippen molar-refractivity contribution in [1.29, 1.82) is 0 Å². The average molecular weight is 387 g/mol. The van der Waals surface area contributed by atoms with Crippen LogP contribution in [0.1, 0.15) is 37.0 Å². The lowest BCUT2D eigenvalue weighted by molar-refractivity contribution is 0.102. The molecule has 0 saturated heterocycles. The van der Waals surface area contributed by atoms with Crippen LogP contribution in [0, 0.1) is 0 Å². The molecule has 0 aliphatic carbocycles. The Labute approximate surface area is 160 Å². The number of hydrogen-bond donors (Lipinski definition) is 3. The predicted molar refractivity (Wildman–Crippen MR) is 104 cm³/mol. The van der Waals surface area contributed by atoms with E-state index in [1.54, 1.807) is 30.3 Å². The number of aromatic hydroxyl groups is 1. The van der Waals surface area contributed by atoms with Crippen molar-refractivity contribution in [1.82, 2.24) is 14.5 Å². The van der Waals surface area contributed by atoms with Gasteiger partial charge in [-0.15, -0.1) is 0 Å². The van der Waals surface area contributed by atoms with E-state index in [4.69, 9.17) is 11.6 Å². The van der Waals surface area contributed by atoms with Crippen molar-refractivity contribution in [2.75, 3.05) is 5.32 Å². The summed E-state index contributed by atoms with van der Waals surface area (Å²) in [5.41, 5.74) is 0.491. The number of H-pyrrole nitrogens is 1. The number of hydrogen-bond acceptors (Lipinski definition) is 4. The molecule has 2 aromatic heterocycles. The molecule has 3 rings (SSSR count). The van der Waals surface area contributed by atoms with Gasteiger partial charge in [0.05, 0.1) is 16.4 Å². The summed E-state index contributed by atoms with van der Waals surface area (Å²) in [4.78, 5) is 31.2. The Balaban J connectivity index is 1.94. The Bertz CT molecular complexity index is 1050. The van der Waals surface area contributed by atoms with E-state index in [0.717, 1.165) is 4.57 Å². The highest BCUT2D eigenvalue weighted by atomic mass is 35.5. The van der Waals surface area contributed by atoms with Gasteiger partial charge in [0.15, 0.2) is 0 Å². The van der Waals surface area contributed by atoms with Gasteiger partial charge in [0.25, 0.3) is 5.91 Å². The number of nitrogens with zero attached hydrogens (tertiary/aromatic N) is 2. The molecule has 2 heterocycles.